The quantitative estimate of drug-likeness (QED) is 0.502. The predicted octanol–water partition coefficient (Wildman–Crippen LogP) is 5.58. The van der Waals surface area contributed by atoms with E-state index in [2.05, 4.69) is 4.90 Å². The van der Waals surface area contributed by atoms with E-state index in [0.29, 0.717) is 31.9 Å². The van der Waals surface area contributed by atoms with Gasteiger partial charge in [0.05, 0.1) is 0 Å². The van der Waals surface area contributed by atoms with Gasteiger partial charge in [-0.3, -0.25) is 4.90 Å². The minimum Gasteiger partial charge on any atom is -0.508 e. The van der Waals surface area contributed by atoms with Crippen molar-refractivity contribution < 1.29 is 24.1 Å². The molecule has 2 unspecified atom stereocenters. The van der Waals surface area contributed by atoms with Gasteiger partial charge in [0.2, 0.25) is 0 Å². The van der Waals surface area contributed by atoms with E-state index in [4.69, 9.17) is 9.47 Å². The van der Waals surface area contributed by atoms with E-state index in [1.807, 2.05) is 43.3 Å². The Bertz CT molecular complexity index is 1210. The molecule has 1 saturated heterocycles. The minimum atomic E-state index is -0.721. The molecule has 2 heterocycles. The van der Waals surface area contributed by atoms with Gasteiger partial charge in [-0.15, -0.1) is 0 Å². The van der Waals surface area contributed by atoms with E-state index in [1.54, 1.807) is 30.3 Å². The largest absolute Gasteiger partial charge is 0.508 e. The predicted molar refractivity (Wildman–Crippen MR) is 130 cm³/mol. The van der Waals surface area contributed by atoms with Crippen molar-refractivity contribution >= 4 is 11.1 Å². The van der Waals surface area contributed by atoms with Gasteiger partial charge in [-0.25, -0.2) is 4.39 Å². The van der Waals surface area contributed by atoms with Crippen LogP contribution in [-0.4, -0.2) is 47.5 Å². The first-order chi connectivity index (χ1) is 16.5. The highest BCUT2D eigenvalue weighted by Crippen LogP contribution is 2.47. The second kappa shape index (κ2) is 9.39. The molecule has 0 aliphatic carbocycles. The van der Waals surface area contributed by atoms with Crippen LogP contribution in [0.5, 0.6) is 23.0 Å². The minimum absolute atomic E-state index is 0.174. The van der Waals surface area contributed by atoms with Gasteiger partial charge >= 0.3 is 0 Å². The zero-order valence-electron chi connectivity index (χ0n) is 19.1. The summed E-state index contributed by atoms with van der Waals surface area (Å²) in [6, 6.07) is 20.0. The average molecular weight is 462 g/mol. The van der Waals surface area contributed by atoms with Crippen LogP contribution in [0.15, 0.2) is 66.7 Å². The van der Waals surface area contributed by atoms with E-state index in [1.165, 1.54) is 0 Å². The molecule has 34 heavy (non-hydrogen) atoms. The Kier molecular flexibility index (Phi) is 6.16. The highest BCUT2D eigenvalue weighted by atomic mass is 19.1. The van der Waals surface area contributed by atoms with E-state index >= 15 is 0 Å². The Morgan fingerprint density at radius 1 is 1.03 bits per heavy atom. The van der Waals surface area contributed by atoms with Crippen molar-refractivity contribution in [3.8, 4) is 23.0 Å². The highest BCUT2D eigenvalue weighted by molar-refractivity contribution is 5.95. The SMILES string of the molecule is CC1=C(c2cccc(O)c2)C(c2ccc(OCCN3CCC(F)C3)cc2)Oc2ccc(O)cc21. The number of nitrogens with zero attached hydrogens (tertiary/aromatic N) is 1. The molecule has 176 valence electrons. The molecule has 5 rings (SSSR count). The number of alkyl halides is 1. The lowest BCUT2D eigenvalue weighted by Crippen LogP contribution is -2.26. The molecule has 0 radical (unpaired) electrons. The van der Waals surface area contributed by atoms with Gasteiger partial charge in [0.1, 0.15) is 41.9 Å². The summed E-state index contributed by atoms with van der Waals surface area (Å²) >= 11 is 0. The molecule has 2 N–H and O–H groups in total. The summed E-state index contributed by atoms with van der Waals surface area (Å²) in [5.74, 6) is 1.80. The second-order valence-corrected chi connectivity index (χ2v) is 8.87. The van der Waals surface area contributed by atoms with Gasteiger partial charge in [-0.05, 0) is 72.5 Å². The molecule has 5 nitrogen and oxygen atoms in total. The Balaban J connectivity index is 1.40. The number of likely N-dealkylation sites (tertiary alicyclic amines) is 1. The summed E-state index contributed by atoms with van der Waals surface area (Å²) in [6.45, 7) is 4.50. The van der Waals surface area contributed by atoms with Crippen molar-refractivity contribution in [1.29, 1.82) is 0 Å². The summed E-state index contributed by atoms with van der Waals surface area (Å²) in [5.41, 5.74) is 4.53. The first-order valence-electron chi connectivity index (χ1n) is 11.6. The Labute approximate surface area is 198 Å². The first kappa shape index (κ1) is 22.3. The number of hydrogen-bond acceptors (Lipinski definition) is 5. The number of halogens is 1. The number of phenolic OH excluding ortho intramolecular Hbond substituents is 2. The highest BCUT2D eigenvalue weighted by Gasteiger charge is 2.29. The maximum Gasteiger partial charge on any atom is 0.150 e. The molecule has 2 aliphatic heterocycles. The number of hydrogen-bond donors (Lipinski definition) is 2. The Hall–Kier alpha value is -3.51. The second-order valence-electron chi connectivity index (χ2n) is 8.87. The lowest BCUT2D eigenvalue weighted by molar-refractivity contribution is 0.224. The number of aromatic hydroxyl groups is 2. The van der Waals surface area contributed by atoms with Crippen molar-refractivity contribution in [2.75, 3.05) is 26.2 Å². The molecule has 0 aromatic heterocycles. The smallest absolute Gasteiger partial charge is 0.150 e. The summed E-state index contributed by atoms with van der Waals surface area (Å²) in [4.78, 5) is 2.08. The topological polar surface area (TPSA) is 62.2 Å². The van der Waals surface area contributed by atoms with Crippen molar-refractivity contribution in [3.05, 3.63) is 83.4 Å². The maximum atomic E-state index is 13.3. The zero-order valence-corrected chi connectivity index (χ0v) is 19.1. The molecule has 1 fully saturated rings. The summed E-state index contributed by atoms with van der Waals surface area (Å²) in [7, 11) is 0. The van der Waals surface area contributed by atoms with Crippen LogP contribution in [0.1, 0.15) is 36.1 Å². The van der Waals surface area contributed by atoms with E-state index in [-0.39, 0.29) is 17.6 Å². The molecule has 0 amide bonds. The number of benzene rings is 3. The number of rotatable bonds is 6. The van der Waals surface area contributed by atoms with Crippen LogP contribution < -0.4 is 9.47 Å². The number of allylic oxidation sites excluding steroid dienone is 1. The van der Waals surface area contributed by atoms with Crippen LogP contribution in [0.25, 0.3) is 11.1 Å². The Morgan fingerprint density at radius 2 is 1.82 bits per heavy atom. The van der Waals surface area contributed by atoms with Gasteiger partial charge in [-0.1, -0.05) is 24.3 Å². The van der Waals surface area contributed by atoms with Gasteiger partial charge in [0, 0.05) is 30.8 Å². The van der Waals surface area contributed by atoms with Gasteiger partial charge in [0.25, 0.3) is 0 Å². The van der Waals surface area contributed by atoms with E-state index in [0.717, 1.165) is 40.1 Å². The number of phenols is 2. The number of ether oxygens (including phenoxy) is 2. The number of fused-ring (bicyclic) bond motifs is 1. The van der Waals surface area contributed by atoms with Crippen molar-refractivity contribution in [3.63, 3.8) is 0 Å². The lowest BCUT2D eigenvalue weighted by Gasteiger charge is -2.31. The van der Waals surface area contributed by atoms with Crippen molar-refractivity contribution in [2.45, 2.75) is 25.6 Å². The van der Waals surface area contributed by atoms with Crippen molar-refractivity contribution in [2.24, 2.45) is 0 Å². The third-order valence-corrected chi connectivity index (χ3v) is 6.51. The third kappa shape index (κ3) is 4.59. The van der Waals surface area contributed by atoms with Crippen LogP contribution in [0.3, 0.4) is 0 Å². The molecular weight excluding hydrogens is 433 g/mol. The fraction of sp³-hybridized carbons (Fsp3) is 0.286. The van der Waals surface area contributed by atoms with Crippen LogP contribution in [0, 0.1) is 0 Å². The van der Waals surface area contributed by atoms with Crippen LogP contribution in [0.4, 0.5) is 4.39 Å². The summed E-state index contributed by atoms with van der Waals surface area (Å²) in [5, 5.41) is 20.1. The maximum absolute atomic E-state index is 13.3. The molecule has 6 heteroatoms. The summed E-state index contributed by atoms with van der Waals surface area (Å²) < 4.78 is 25.6. The fourth-order valence-electron chi connectivity index (χ4n) is 4.74. The fourth-order valence-corrected chi connectivity index (χ4v) is 4.74. The monoisotopic (exact) mass is 461 g/mol. The van der Waals surface area contributed by atoms with Gasteiger partial charge < -0.3 is 19.7 Å². The average Bonchev–Trinajstić information content (AvgIpc) is 3.25. The van der Waals surface area contributed by atoms with Crippen LogP contribution >= 0.6 is 0 Å². The Morgan fingerprint density at radius 3 is 2.56 bits per heavy atom. The van der Waals surface area contributed by atoms with Gasteiger partial charge in [0.15, 0.2) is 0 Å². The molecule has 0 spiro atoms. The van der Waals surface area contributed by atoms with Crippen LogP contribution in [-0.2, 0) is 0 Å². The first-order valence-corrected chi connectivity index (χ1v) is 11.6. The van der Waals surface area contributed by atoms with Gasteiger partial charge in [-0.2, -0.15) is 0 Å². The zero-order chi connectivity index (χ0) is 23.7. The van der Waals surface area contributed by atoms with Crippen molar-refractivity contribution in [1.82, 2.24) is 4.90 Å². The molecule has 2 aliphatic rings. The summed E-state index contributed by atoms with van der Waals surface area (Å²) in [6.07, 6.45) is -0.507. The molecule has 3 aromatic carbocycles. The molecule has 2 atom stereocenters. The van der Waals surface area contributed by atoms with Crippen LogP contribution in [0.2, 0.25) is 0 Å². The molecule has 0 saturated carbocycles. The molecular formula is C28H28FNO4. The molecule has 0 bridgehead atoms. The normalized spacial score (nSPS) is 20.2. The van der Waals surface area contributed by atoms with E-state index in [9.17, 15) is 14.6 Å². The molecule has 3 aromatic rings. The lowest BCUT2D eigenvalue weighted by atomic mass is 9.86. The van der Waals surface area contributed by atoms with E-state index < -0.39 is 6.17 Å². The third-order valence-electron chi connectivity index (χ3n) is 6.51. The standard InChI is InChI=1S/C28H28FNO4/c1-18-25-16-23(32)7-10-26(25)34-28(27(18)20-3-2-4-22(31)15-20)19-5-8-24(9-6-19)33-14-13-30-12-11-21(29)17-30/h2-10,15-16,21,28,31-32H,11-14,17H2,1H3.